The molecule has 0 bridgehead atoms. The molecule has 0 radical (unpaired) electrons. The normalized spacial score (nSPS) is 28.5. The van der Waals surface area contributed by atoms with Crippen LogP contribution in [0.15, 0.2) is 24.3 Å². The maximum absolute atomic E-state index is 9.16. The zero-order valence-electron chi connectivity index (χ0n) is 12.3. The van der Waals surface area contributed by atoms with Gasteiger partial charge in [-0.05, 0) is 37.4 Å². The molecular formula is C16H26N2O. The Bertz CT molecular complexity index is 407. The highest BCUT2D eigenvalue weighted by Crippen LogP contribution is 2.21. The Balaban J connectivity index is 1.90. The van der Waals surface area contributed by atoms with Gasteiger partial charge in [-0.2, -0.15) is 0 Å². The molecule has 0 amide bonds. The maximum atomic E-state index is 9.16. The van der Waals surface area contributed by atoms with Gasteiger partial charge in [-0.3, -0.25) is 0 Å². The summed E-state index contributed by atoms with van der Waals surface area (Å²) in [6.07, 6.45) is 1.21. The minimum Gasteiger partial charge on any atom is -0.392 e. The van der Waals surface area contributed by atoms with Gasteiger partial charge in [-0.15, -0.1) is 0 Å². The van der Waals surface area contributed by atoms with Crippen LogP contribution in [0.2, 0.25) is 0 Å². The van der Waals surface area contributed by atoms with Crippen molar-refractivity contribution >= 4 is 0 Å². The second-order valence-corrected chi connectivity index (χ2v) is 5.97. The van der Waals surface area contributed by atoms with Gasteiger partial charge in [0.15, 0.2) is 0 Å². The van der Waals surface area contributed by atoms with Crippen molar-refractivity contribution in [1.29, 1.82) is 0 Å². The molecule has 3 nitrogen and oxygen atoms in total. The predicted molar refractivity (Wildman–Crippen MR) is 78.9 cm³/mol. The van der Waals surface area contributed by atoms with E-state index in [0.29, 0.717) is 18.0 Å². The number of nitrogens with one attached hydrogen (secondary N) is 1. The van der Waals surface area contributed by atoms with Gasteiger partial charge in [-0.25, -0.2) is 0 Å². The number of hydrogen-bond acceptors (Lipinski definition) is 3. The first-order chi connectivity index (χ1) is 9.10. The second kappa shape index (κ2) is 6.51. The average Bonchev–Trinajstić information content (AvgIpc) is 2.41. The molecule has 0 aliphatic carbocycles. The SMILES string of the molecule is CC1CN(C)C(C)CC1NCc1cccc(CO)c1. The number of hydrogen-bond donors (Lipinski definition) is 2. The number of nitrogens with zero attached hydrogens (tertiary/aromatic N) is 1. The highest BCUT2D eigenvalue weighted by molar-refractivity contribution is 5.22. The maximum Gasteiger partial charge on any atom is 0.0681 e. The summed E-state index contributed by atoms with van der Waals surface area (Å²) in [5, 5.41) is 12.8. The van der Waals surface area contributed by atoms with Crippen LogP contribution in [0.4, 0.5) is 0 Å². The topological polar surface area (TPSA) is 35.5 Å². The number of aliphatic hydroxyl groups is 1. The van der Waals surface area contributed by atoms with E-state index in [1.54, 1.807) is 0 Å². The van der Waals surface area contributed by atoms with E-state index >= 15 is 0 Å². The lowest BCUT2D eigenvalue weighted by Gasteiger charge is -2.40. The predicted octanol–water partition coefficient (Wildman–Crippen LogP) is 2.00. The van der Waals surface area contributed by atoms with E-state index in [1.807, 2.05) is 12.1 Å². The number of likely N-dealkylation sites (tertiary alicyclic amines) is 1. The van der Waals surface area contributed by atoms with E-state index in [2.05, 4.69) is 43.2 Å². The van der Waals surface area contributed by atoms with Crippen molar-refractivity contribution in [2.75, 3.05) is 13.6 Å². The van der Waals surface area contributed by atoms with Crippen molar-refractivity contribution in [2.24, 2.45) is 5.92 Å². The molecule has 1 aliphatic heterocycles. The fraction of sp³-hybridized carbons (Fsp3) is 0.625. The molecule has 2 rings (SSSR count). The van der Waals surface area contributed by atoms with Crippen LogP contribution >= 0.6 is 0 Å². The molecule has 1 aromatic carbocycles. The van der Waals surface area contributed by atoms with Crippen molar-refractivity contribution in [3.63, 3.8) is 0 Å². The molecule has 2 N–H and O–H groups in total. The summed E-state index contributed by atoms with van der Waals surface area (Å²) < 4.78 is 0. The van der Waals surface area contributed by atoms with Crippen LogP contribution in [-0.2, 0) is 13.2 Å². The molecule has 19 heavy (non-hydrogen) atoms. The molecule has 3 unspecified atom stereocenters. The summed E-state index contributed by atoms with van der Waals surface area (Å²) in [5.74, 6) is 0.683. The Kier molecular flexibility index (Phi) is 4.97. The fourth-order valence-electron chi connectivity index (χ4n) is 2.91. The third-order valence-corrected chi connectivity index (χ3v) is 4.35. The lowest BCUT2D eigenvalue weighted by atomic mass is 9.89. The van der Waals surface area contributed by atoms with Gasteiger partial charge < -0.3 is 15.3 Å². The van der Waals surface area contributed by atoms with E-state index in [1.165, 1.54) is 12.0 Å². The largest absolute Gasteiger partial charge is 0.392 e. The summed E-state index contributed by atoms with van der Waals surface area (Å²) in [6, 6.07) is 9.42. The van der Waals surface area contributed by atoms with Gasteiger partial charge in [0.05, 0.1) is 6.61 Å². The first kappa shape index (κ1) is 14.5. The Morgan fingerprint density at radius 2 is 2.05 bits per heavy atom. The minimum atomic E-state index is 0.121. The first-order valence-electron chi connectivity index (χ1n) is 7.22. The monoisotopic (exact) mass is 262 g/mol. The van der Waals surface area contributed by atoms with Gasteiger partial charge in [0, 0.05) is 25.2 Å². The van der Waals surface area contributed by atoms with Crippen LogP contribution in [0.25, 0.3) is 0 Å². The number of aliphatic hydroxyl groups excluding tert-OH is 1. The third-order valence-electron chi connectivity index (χ3n) is 4.35. The number of rotatable bonds is 4. The zero-order valence-corrected chi connectivity index (χ0v) is 12.3. The van der Waals surface area contributed by atoms with E-state index in [-0.39, 0.29) is 6.61 Å². The van der Waals surface area contributed by atoms with Crippen molar-refractivity contribution in [1.82, 2.24) is 10.2 Å². The van der Waals surface area contributed by atoms with Gasteiger partial charge in [0.1, 0.15) is 0 Å². The van der Waals surface area contributed by atoms with Gasteiger partial charge in [-0.1, -0.05) is 31.2 Å². The Morgan fingerprint density at radius 1 is 1.32 bits per heavy atom. The zero-order chi connectivity index (χ0) is 13.8. The van der Waals surface area contributed by atoms with Gasteiger partial charge in [0.2, 0.25) is 0 Å². The summed E-state index contributed by atoms with van der Waals surface area (Å²) >= 11 is 0. The van der Waals surface area contributed by atoms with Crippen LogP contribution in [-0.4, -0.2) is 35.7 Å². The van der Waals surface area contributed by atoms with Crippen LogP contribution in [0, 0.1) is 5.92 Å². The molecule has 1 saturated heterocycles. The molecule has 1 heterocycles. The molecule has 0 aromatic heterocycles. The van der Waals surface area contributed by atoms with Crippen molar-refractivity contribution in [3.8, 4) is 0 Å². The summed E-state index contributed by atoms with van der Waals surface area (Å²) in [6.45, 7) is 6.79. The number of benzene rings is 1. The molecule has 0 spiro atoms. The molecule has 1 aromatic rings. The smallest absolute Gasteiger partial charge is 0.0681 e. The minimum absolute atomic E-state index is 0.121. The van der Waals surface area contributed by atoms with E-state index in [0.717, 1.165) is 18.7 Å². The summed E-state index contributed by atoms with van der Waals surface area (Å²) in [5.41, 5.74) is 2.24. The quantitative estimate of drug-likeness (QED) is 0.871. The van der Waals surface area contributed by atoms with Crippen LogP contribution in [0.3, 0.4) is 0 Å². The molecular weight excluding hydrogens is 236 g/mol. The Morgan fingerprint density at radius 3 is 2.79 bits per heavy atom. The van der Waals surface area contributed by atoms with E-state index < -0.39 is 0 Å². The van der Waals surface area contributed by atoms with Crippen molar-refractivity contribution in [3.05, 3.63) is 35.4 Å². The lowest BCUT2D eigenvalue weighted by Crippen LogP contribution is -2.50. The fourth-order valence-corrected chi connectivity index (χ4v) is 2.91. The van der Waals surface area contributed by atoms with E-state index in [9.17, 15) is 0 Å². The summed E-state index contributed by atoms with van der Waals surface area (Å²) in [4.78, 5) is 2.44. The van der Waals surface area contributed by atoms with E-state index in [4.69, 9.17) is 5.11 Å². The van der Waals surface area contributed by atoms with Crippen LogP contribution in [0.5, 0.6) is 0 Å². The summed E-state index contributed by atoms with van der Waals surface area (Å²) in [7, 11) is 2.21. The molecule has 3 atom stereocenters. The molecule has 106 valence electrons. The second-order valence-electron chi connectivity index (χ2n) is 5.97. The van der Waals surface area contributed by atoms with Gasteiger partial charge >= 0.3 is 0 Å². The lowest BCUT2D eigenvalue weighted by molar-refractivity contribution is 0.121. The van der Waals surface area contributed by atoms with Crippen LogP contribution < -0.4 is 5.32 Å². The number of piperidine rings is 1. The van der Waals surface area contributed by atoms with Crippen LogP contribution in [0.1, 0.15) is 31.4 Å². The van der Waals surface area contributed by atoms with Crippen molar-refractivity contribution < 1.29 is 5.11 Å². The Labute approximate surface area is 116 Å². The highest BCUT2D eigenvalue weighted by atomic mass is 16.3. The Hall–Kier alpha value is -0.900. The average molecular weight is 262 g/mol. The standard InChI is InChI=1S/C16H26N2O/c1-12-10-18(3)13(2)7-16(12)17-9-14-5-4-6-15(8-14)11-19/h4-6,8,12-13,16-17,19H,7,9-11H2,1-3H3. The third kappa shape index (κ3) is 3.78. The molecule has 1 aliphatic rings. The molecule has 1 fully saturated rings. The highest BCUT2D eigenvalue weighted by Gasteiger charge is 2.28. The molecule has 0 saturated carbocycles. The first-order valence-corrected chi connectivity index (χ1v) is 7.22. The van der Waals surface area contributed by atoms with Gasteiger partial charge in [0.25, 0.3) is 0 Å². The molecule has 3 heteroatoms. The van der Waals surface area contributed by atoms with Crippen molar-refractivity contribution in [2.45, 2.75) is 45.5 Å².